The highest BCUT2D eigenvalue weighted by molar-refractivity contribution is 9.10. The molecule has 0 spiro atoms. The van der Waals surface area contributed by atoms with Crippen LogP contribution in [0, 0.1) is 6.92 Å². The third kappa shape index (κ3) is 4.33. The molecule has 1 amide bonds. The number of carbonyl (C=O) groups excluding carboxylic acids is 1. The Kier molecular flexibility index (Phi) is 5.16. The van der Waals surface area contributed by atoms with Crippen molar-refractivity contribution in [2.24, 2.45) is 0 Å². The van der Waals surface area contributed by atoms with Crippen LogP contribution in [0.5, 0.6) is 5.75 Å². The normalized spacial score (nSPS) is 10.1. The van der Waals surface area contributed by atoms with Gasteiger partial charge in [-0.05, 0) is 53.2 Å². The number of halogens is 1. The molecule has 6 heteroatoms. The van der Waals surface area contributed by atoms with Crippen molar-refractivity contribution in [1.82, 2.24) is 0 Å². The second kappa shape index (κ2) is 7.09. The summed E-state index contributed by atoms with van der Waals surface area (Å²) < 4.78 is 5.86. The Hall–Kier alpha value is -2.34. The predicted octanol–water partition coefficient (Wildman–Crippen LogP) is 3.47. The summed E-state index contributed by atoms with van der Waals surface area (Å²) in [5, 5.41) is 11.6. The van der Waals surface area contributed by atoms with Crippen molar-refractivity contribution in [2.75, 3.05) is 11.9 Å². The minimum atomic E-state index is -1.02. The van der Waals surface area contributed by atoms with Crippen molar-refractivity contribution in [2.45, 2.75) is 6.92 Å². The van der Waals surface area contributed by atoms with Crippen LogP contribution in [0.25, 0.3) is 0 Å². The van der Waals surface area contributed by atoms with Gasteiger partial charge in [0.25, 0.3) is 5.91 Å². The van der Waals surface area contributed by atoms with Crippen LogP contribution in [0.4, 0.5) is 5.69 Å². The molecule has 0 saturated heterocycles. The summed E-state index contributed by atoms with van der Waals surface area (Å²) in [5.74, 6) is -0.911. The summed E-state index contributed by atoms with van der Waals surface area (Å²) in [6.07, 6.45) is 0. The Balaban J connectivity index is 1.93. The first-order chi connectivity index (χ1) is 10.5. The SMILES string of the molecule is Cc1ccc(NC(=O)COc2ccc(C(=O)O)cc2Br)cc1. The van der Waals surface area contributed by atoms with E-state index in [2.05, 4.69) is 21.2 Å². The van der Waals surface area contributed by atoms with Gasteiger partial charge in [-0.3, -0.25) is 4.79 Å². The largest absolute Gasteiger partial charge is 0.483 e. The number of carboxylic acids is 1. The van der Waals surface area contributed by atoms with Crippen LogP contribution in [0.1, 0.15) is 15.9 Å². The monoisotopic (exact) mass is 363 g/mol. The van der Waals surface area contributed by atoms with Crippen LogP contribution in [-0.4, -0.2) is 23.6 Å². The first-order valence-corrected chi connectivity index (χ1v) is 7.27. The maximum absolute atomic E-state index is 11.8. The Morgan fingerprint density at radius 2 is 1.86 bits per heavy atom. The van der Waals surface area contributed by atoms with Crippen LogP contribution in [0.2, 0.25) is 0 Å². The first kappa shape index (κ1) is 16.0. The van der Waals surface area contributed by atoms with E-state index < -0.39 is 5.97 Å². The van der Waals surface area contributed by atoms with Crippen molar-refractivity contribution >= 4 is 33.5 Å². The van der Waals surface area contributed by atoms with Crippen molar-refractivity contribution < 1.29 is 19.4 Å². The molecule has 0 aliphatic rings. The van der Waals surface area contributed by atoms with Gasteiger partial charge in [-0.2, -0.15) is 0 Å². The second-order valence-electron chi connectivity index (χ2n) is 4.65. The van der Waals surface area contributed by atoms with Gasteiger partial charge in [0, 0.05) is 5.69 Å². The van der Waals surface area contributed by atoms with Crippen LogP contribution in [-0.2, 0) is 4.79 Å². The minimum Gasteiger partial charge on any atom is -0.483 e. The summed E-state index contributed by atoms with van der Waals surface area (Å²) >= 11 is 3.22. The molecule has 0 aromatic heterocycles. The van der Waals surface area contributed by atoms with Crippen LogP contribution >= 0.6 is 15.9 Å². The van der Waals surface area contributed by atoms with Crippen molar-refractivity contribution in [3.8, 4) is 5.75 Å². The lowest BCUT2D eigenvalue weighted by Gasteiger charge is -2.09. The smallest absolute Gasteiger partial charge is 0.335 e. The number of anilines is 1. The Bertz CT molecular complexity index is 698. The second-order valence-corrected chi connectivity index (χ2v) is 5.51. The number of nitrogens with one attached hydrogen (secondary N) is 1. The van der Waals surface area contributed by atoms with Crippen LogP contribution in [0.15, 0.2) is 46.9 Å². The number of hydrogen-bond acceptors (Lipinski definition) is 3. The summed E-state index contributed by atoms with van der Waals surface area (Å²) in [5.41, 5.74) is 1.94. The average Bonchev–Trinajstić information content (AvgIpc) is 2.48. The standard InChI is InChI=1S/C16H14BrNO4/c1-10-2-5-12(6-3-10)18-15(19)9-22-14-7-4-11(16(20)21)8-13(14)17/h2-8H,9H2,1H3,(H,18,19)(H,20,21). The topological polar surface area (TPSA) is 75.6 Å². The summed E-state index contributed by atoms with van der Waals surface area (Å²) in [6.45, 7) is 1.80. The summed E-state index contributed by atoms with van der Waals surface area (Å²) in [4.78, 5) is 22.6. The fraction of sp³-hybridized carbons (Fsp3) is 0.125. The van der Waals surface area contributed by atoms with Gasteiger partial charge in [-0.1, -0.05) is 17.7 Å². The quantitative estimate of drug-likeness (QED) is 0.852. The van der Waals surface area contributed by atoms with E-state index in [-0.39, 0.29) is 18.1 Å². The van der Waals surface area contributed by atoms with Gasteiger partial charge in [0.2, 0.25) is 0 Å². The molecular formula is C16H14BrNO4. The van der Waals surface area contributed by atoms with Crippen LogP contribution < -0.4 is 10.1 Å². The Labute approximate surface area is 136 Å². The lowest BCUT2D eigenvalue weighted by molar-refractivity contribution is -0.118. The summed E-state index contributed by atoms with van der Waals surface area (Å²) in [7, 11) is 0. The number of rotatable bonds is 5. The van der Waals surface area contributed by atoms with Gasteiger partial charge in [-0.15, -0.1) is 0 Å². The van der Waals surface area contributed by atoms with Gasteiger partial charge in [0.1, 0.15) is 5.75 Å². The number of benzene rings is 2. The van der Waals surface area contributed by atoms with Gasteiger partial charge in [0.15, 0.2) is 6.61 Å². The van der Waals surface area contributed by atoms with E-state index in [9.17, 15) is 9.59 Å². The number of aromatic carboxylic acids is 1. The molecule has 2 aromatic carbocycles. The zero-order valence-electron chi connectivity index (χ0n) is 11.8. The van der Waals surface area contributed by atoms with E-state index in [1.807, 2.05) is 31.2 Å². The molecule has 5 nitrogen and oxygen atoms in total. The number of ether oxygens (including phenoxy) is 1. The highest BCUT2D eigenvalue weighted by Crippen LogP contribution is 2.26. The molecular weight excluding hydrogens is 350 g/mol. The molecule has 0 fully saturated rings. The number of aryl methyl sites for hydroxylation is 1. The van der Waals surface area contributed by atoms with E-state index in [4.69, 9.17) is 9.84 Å². The molecule has 2 N–H and O–H groups in total. The highest BCUT2D eigenvalue weighted by Gasteiger charge is 2.09. The average molecular weight is 364 g/mol. The third-order valence-corrected chi connectivity index (χ3v) is 3.49. The molecule has 0 atom stereocenters. The zero-order valence-corrected chi connectivity index (χ0v) is 13.4. The third-order valence-electron chi connectivity index (χ3n) is 2.87. The molecule has 0 unspecified atom stereocenters. The maximum atomic E-state index is 11.8. The number of carbonyl (C=O) groups is 2. The Morgan fingerprint density at radius 3 is 2.45 bits per heavy atom. The molecule has 114 valence electrons. The van der Waals surface area contributed by atoms with E-state index >= 15 is 0 Å². The van der Waals surface area contributed by atoms with Crippen molar-refractivity contribution in [1.29, 1.82) is 0 Å². The molecule has 0 bridgehead atoms. The highest BCUT2D eigenvalue weighted by atomic mass is 79.9. The molecule has 2 aromatic rings. The molecule has 22 heavy (non-hydrogen) atoms. The maximum Gasteiger partial charge on any atom is 0.335 e. The molecule has 0 saturated carbocycles. The van der Waals surface area contributed by atoms with Gasteiger partial charge in [-0.25, -0.2) is 4.79 Å². The minimum absolute atomic E-state index is 0.142. The van der Waals surface area contributed by atoms with Crippen molar-refractivity contribution in [3.05, 3.63) is 58.1 Å². The van der Waals surface area contributed by atoms with Gasteiger partial charge in [0.05, 0.1) is 10.0 Å². The van der Waals surface area contributed by atoms with E-state index in [0.717, 1.165) is 5.56 Å². The number of amides is 1. The van der Waals surface area contributed by atoms with E-state index in [1.165, 1.54) is 18.2 Å². The molecule has 2 rings (SSSR count). The summed E-state index contributed by atoms with van der Waals surface area (Å²) in [6, 6.07) is 11.8. The van der Waals surface area contributed by atoms with E-state index in [1.54, 1.807) is 0 Å². The molecule has 0 heterocycles. The lowest BCUT2D eigenvalue weighted by atomic mass is 10.2. The lowest BCUT2D eigenvalue weighted by Crippen LogP contribution is -2.20. The van der Waals surface area contributed by atoms with Gasteiger partial charge < -0.3 is 15.2 Å². The molecule has 0 radical (unpaired) electrons. The molecule has 0 aliphatic carbocycles. The Morgan fingerprint density at radius 1 is 1.18 bits per heavy atom. The predicted molar refractivity (Wildman–Crippen MR) is 86.4 cm³/mol. The number of carboxylic acid groups (broad SMARTS) is 1. The van der Waals surface area contributed by atoms with Gasteiger partial charge >= 0.3 is 5.97 Å². The fourth-order valence-corrected chi connectivity index (χ4v) is 2.22. The fourth-order valence-electron chi connectivity index (χ4n) is 1.73. The molecule has 0 aliphatic heterocycles. The zero-order chi connectivity index (χ0) is 16.1. The first-order valence-electron chi connectivity index (χ1n) is 6.48. The van der Waals surface area contributed by atoms with E-state index in [0.29, 0.717) is 15.9 Å². The van der Waals surface area contributed by atoms with Crippen LogP contribution in [0.3, 0.4) is 0 Å². The van der Waals surface area contributed by atoms with Crippen molar-refractivity contribution in [3.63, 3.8) is 0 Å². The number of hydrogen-bond donors (Lipinski definition) is 2.